The lowest BCUT2D eigenvalue weighted by Gasteiger charge is -2.47. The van der Waals surface area contributed by atoms with Crippen LogP contribution in [0.1, 0.15) is 36.0 Å². The van der Waals surface area contributed by atoms with Crippen LogP contribution >= 0.6 is 11.6 Å². The molecular formula is C32H33ClF3N3O6S. The normalized spacial score (nSPS) is 20.7. The summed E-state index contributed by atoms with van der Waals surface area (Å²) in [5.74, 6) is -1.43. The molecule has 0 N–H and O–H groups in total. The minimum absolute atomic E-state index is 0.0251. The number of hydrogen-bond donors (Lipinski definition) is 0. The number of anilines is 1. The lowest BCUT2D eigenvalue weighted by atomic mass is 9.78. The Kier molecular flexibility index (Phi) is 9.31. The van der Waals surface area contributed by atoms with Crippen molar-refractivity contribution >= 4 is 40.1 Å². The monoisotopic (exact) mass is 679 g/mol. The molecule has 246 valence electrons. The van der Waals surface area contributed by atoms with Crippen molar-refractivity contribution in [2.24, 2.45) is 0 Å². The van der Waals surface area contributed by atoms with Crippen LogP contribution in [0.2, 0.25) is 5.02 Å². The predicted molar refractivity (Wildman–Crippen MR) is 167 cm³/mol. The first-order valence-corrected chi connectivity index (χ1v) is 15.9. The van der Waals surface area contributed by atoms with Gasteiger partial charge in [-0.2, -0.15) is 0 Å². The number of amides is 2. The van der Waals surface area contributed by atoms with Gasteiger partial charge in [0.1, 0.15) is 16.4 Å². The van der Waals surface area contributed by atoms with Gasteiger partial charge >= 0.3 is 6.36 Å². The van der Waals surface area contributed by atoms with Crippen molar-refractivity contribution in [2.75, 3.05) is 39.2 Å². The maximum Gasteiger partial charge on any atom is 0.573 e. The second-order valence-corrected chi connectivity index (χ2v) is 13.0. The van der Waals surface area contributed by atoms with Crippen molar-refractivity contribution in [3.05, 3.63) is 76.3 Å². The van der Waals surface area contributed by atoms with E-state index < -0.39 is 45.5 Å². The SMILES string of the molecule is COc1ccc(S(=O)N2C(=O)C(c3cc(C)ccc3OC)(N3CCCC[C@H]3C(=O)N(C)C)c3cc(Cl)ccc32)c(OC(F)(F)F)c1. The number of likely N-dealkylation sites (tertiary alicyclic amines) is 1. The molecule has 2 heterocycles. The minimum Gasteiger partial charge on any atom is -0.497 e. The molecule has 2 unspecified atom stereocenters. The maximum atomic E-state index is 15.3. The summed E-state index contributed by atoms with van der Waals surface area (Å²) in [6.45, 7) is 2.13. The Labute approximate surface area is 272 Å². The molecule has 3 atom stereocenters. The van der Waals surface area contributed by atoms with Gasteiger partial charge in [0.15, 0.2) is 22.3 Å². The van der Waals surface area contributed by atoms with Crippen LogP contribution < -0.4 is 18.5 Å². The second-order valence-electron chi connectivity index (χ2n) is 11.2. The fraction of sp³-hybridized carbons (Fsp3) is 0.375. The Morgan fingerprint density at radius 2 is 1.74 bits per heavy atom. The van der Waals surface area contributed by atoms with Gasteiger partial charge in [-0.1, -0.05) is 29.7 Å². The number of halogens is 4. The molecule has 1 saturated heterocycles. The Morgan fingerprint density at radius 3 is 2.39 bits per heavy atom. The molecule has 0 aromatic heterocycles. The molecule has 5 rings (SSSR count). The van der Waals surface area contributed by atoms with Gasteiger partial charge in [0, 0.05) is 42.9 Å². The van der Waals surface area contributed by atoms with Gasteiger partial charge in [-0.05, 0) is 62.2 Å². The van der Waals surface area contributed by atoms with Crippen molar-refractivity contribution in [1.29, 1.82) is 0 Å². The number of carbonyl (C=O) groups excluding carboxylic acids is 2. The molecule has 14 heteroatoms. The van der Waals surface area contributed by atoms with Crippen LogP contribution in [0.15, 0.2) is 59.5 Å². The zero-order chi connectivity index (χ0) is 33.6. The highest BCUT2D eigenvalue weighted by Gasteiger charge is 2.61. The largest absolute Gasteiger partial charge is 0.573 e. The Morgan fingerprint density at radius 1 is 1.00 bits per heavy atom. The standard InChI is InChI=1S/C32H33ClF3N3O6S/c1-19-9-13-26(44-5)23(16-19)31(38-15-7-6-8-25(38)29(40)37(2)3)22-17-20(33)10-12-24(22)39(30(31)41)46(42)28-14-11-21(43-4)18-27(28)45-32(34,35)36/h9-14,16-18,25H,6-8,15H2,1-5H3/t25-,31?,46?/m0/s1. The number of piperidine rings is 1. The average molecular weight is 680 g/mol. The summed E-state index contributed by atoms with van der Waals surface area (Å²) in [7, 11) is 3.39. The van der Waals surface area contributed by atoms with E-state index >= 15 is 4.79 Å². The van der Waals surface area contributed by atoms with E-state index in [9.17, 15) is 22.2 Å². The van der Waals surface area contributed by atoms with Crippen LogP contribution in [0.25, 0.3) is 0 Å². The summed E-state index contributed by atoms with van der Waals surface area (Å²) in [6, 6.07) is 12.5. The number of hydrogen-bond acceptors (Lipinski definition) is 7. The lowest BCUT2D eigenvalue weighted by molar-refractivity contribution is -0.275. The van der Waals surface area contributed by atoms with Crippen molar-refractivity contribution in [3.8, 4) is 17.2 Å². The number of ether oxygens (including phenoxy) is 3. The molecule has 0 spiro atoms. The van der Waals surface area contributed by atoms with Crippen LogP contribution in [-0.4, -0.2) is 73.1 Å². The van der Waals surface area contributed by atoms with Gasteiger partial charge in [-0.25, -0.2) is 8.51 Å². The topological polar surface area (TPSA) is 88.6 Å². The maximum absolute atomic E-state index is 15.3. The van der Waals surface area contributed by atoms with Gasteiger partial charge in [0.05, 0.1) is 25.9 Å². The minimum atomic E-state index is -5.13. The molecule has 2 aliphatic heterocycles. The summed E-state index contributed by atoms with van der Waals surface area (Å²) in [5.41, 5.74) is -0.196. The van der Waals surface area contributed by atoms with E-state index in [1.165, 1.54) is 37.3 Å². The highest BCUT2D eigenvalue weighted by molar-refractivity contribution is 7.87. The predicted octanol–water partition coefficient (Wildman–Crippen LogP) is 5.82. The van der Waals surface area contributed by atoms with Crippen molar-refractivity contribution in [1.82, 2.24) is 9.80 Å². The number of methoxy groups -OCH3 is 2. The zero-order valence-corrected chi connectivity index (χ0v) is 27.4. The van der Waals surface area contributed by atoms with Crippen molar-refractivity contribution < 1.29 is 41.2 Å². The van der Waals surface area contributed by atoms with E-state index in [1.54, 1.807) is 43.3 Å². The number of nitrogens with zero attached hydrogens (tertiary/aromatic N) is 3. The second kappa shape index (κ2) is 12.8. The third-order valence-electron chi connectivity index (χ3n) is 8.20. The summed E-state index contributed by atoms with van der Waals surface area (Å²) >= 11 is 6.57. The number of carbonyl (C=O) groups is 2. The molecule has 3 aromatic rings. The van der Waals surface area contributed by atoms with E-state index in [0.29, 0.717) is 36.3 Å². The molecule has 2 aliphatic rings. The number of aryl methyl sites for hydroxylation is 1. The van der Waals surface area contributed by atoms with Gasteiger partial charge in [0.2, 0.25) is 5.91 Å². The van der Waals surface area contributed by atoms with E-state index in [0.717, 1.165) is 28.4 Å². The number of fused-ring (bicyclic) bond motifs is 1. The number of likely N-dealkylation sites (N-methyl/N-ethyl adjacent to an activating group) is 1. The van der Waals surface area contributed by atoms with Crippen molar-refractivity contribution in [3.63, 3.8) is 0 Å². The average Bonchev–Trinajstić information content (AvgIpc) is 3.26. The first kappa shape index (κ1) is 33.6. The molecule has 0 bridgehead atoms. The number of alkyl halides is 3. The Balaban J connectivity index is 1.83. The summed E-state index contributed by atoms with van der Waals surface area (Å²) in [4.78, 5) is 31.9. The van der Waals surface area contributed by atoms with Crippen LogP contribution in [-0.2, 0) is 26.1 Å². The van der Waals surface area contributed by atoms with E-state index in [-0.39, 0.29) is 22.4 Å². The van der Waals surface area contributed by atoms with Gasteiger partial charge in [0.25, 0.3) is 5.91 Å². The fourth-order valence-corrected chi connectivity index (χ4v) is 7.71. The van der Waals surface area contributed by atoms with Gasteiger partial charge in [-0.3, -0.25) is 14.5 Å². The molecule has 1 fully saturated rings. The van der Waals surface area contributed by atoms with E-state index in [4.69, 9.17) is 21.1 Å². The first-order valence-electron chi connectivity index (χ1n) is 14.4. The first-order chi connectivity index (χ1) is 21.7. The van der Waals surface area contributed by atoms with E-state index in [2.05, 4.69) is 4.74 Å². The highest BCUT2D eigenvalue weighted by atomic mass is 35.5. The van der Waals surface area contributed by atoms with Crippen LogP contribution in [0.5, 0.6) is 17.2 Å². The third-order valence-corrected chi connectivity index (χ3v) is 9.84. The Hall–Kier alpha value is -3.81. The molecular weight excluding hydrogens is 647 g/mol. The van der Waals surface area contributed by atoms with E-state index in [1.807, 2.05) is 6.92 Å². The van der Waals surface area contributed by atoms with Crippen LogP contribution in [0, 0.1) is 6.92 Å². The summed E-state index contributed by atoms with van der Waals surface area (Å²) in [5, 5.41) is 0.258. The van der Waals surface area contributed by atoms with Crippen molar-refractivity contribution in [2.45, 2.75) is 49.0 Å². The third kappa shape index (κ3) is 5.80. The molecule has 0 aliphatic carbocycles. The molecule has 46 heavy (non-hydrogen) atoms. The molecule has 3 aromatic carbocycles. The highest BCUT2D eigenvalue weighted by Crippen LogP contribution is 2.54. The molecule has 9 nitrogen and oxygen atoms in total. The summed E-state index contributed by atoms with van der Waals surface area (Å²) in [6.07, 6.45) is -3.33. The molecule has 0 saturated carbocycles. The quantitative estimate of drug-likeness (QED) is 0.297. The zero-order valence-electron chi connectivity index (χ0n) is 25.8. The number of benzene rings is 3. The van der Waals surface area contributed by atoms with Crippen LogP contribution in [0.3, 0.4) is 0 Å². The lowest BCUT2D eigenvalue weighted by Crippen LogP contribution is -2.62. The fourth-order valence-electron chi connectivity index (χ4n) is 6.26. The van der Waals surface area contributed by atoms with Crippen LogP contribution in [0.4, 0.5) is 18.9 Å². The summed E-state index contributed by atoms with van der Waals surface area (Å²) < 4.78 is 71.2. The smallest absolute Gasteiger partial charge is 0.497 e. The molecule has 2 amide bonds. The Bertz CT molecular complexity index is 1700. The number of rotatable bonds is 8. The van der Waals surface area contributed by atoms with Gasteiger partial charge in [-0.15, -0.1) is 13.2 Å². The molecule has 0 radical (unpaired) electrons. The van der Waals surface area contributed by atoms with Gasteiger partial charge < -0.3 is 19.1 Å².